The first-order chi connectivity index (χ1) is 7.53. The summed E-state index contributed by atoms with van der Waals surface area (Å²) in [5.41, 5.74) is 0.590. The van der Waals surface area contributed by atoms with Crippen molar-refractivity contribution in [3.63, 3.8) is 0 Å². The van der Waals surface area contributed by atoms with Gasteiger partial charge in [-0.15, -0.1) is 0 Å². The van der Waals surface area contributed by atoms with E-state index < -0.39 is 10.0 Å². The summed E-state index contributed by atoms with van der Waals surface area (Å²) in [4.78, 5) is 13.2. The highest BCUT2D eigenvalue weighted by Gasteiger charge is 2.09. The van der Waals surface area contributed by atoms with Gasteiger partial charge < -0.3 is 10.3 Å². The molecule has 0 amide bonds. The zero-order valence-electron chi connectivity index (χ0n) is 8.95. The van der Waals surface area contributed by atoms with Gasteiger partial charge in [0.1, 0.15) is 0 Å². The van der Waals surface area contributed by atoms with Crippen LogP contribution in [-0.4, -0.2) is 32.7 Å². The molecule has 0 aromatic carbocycles. The maximum Gasteiger partial charge on any atom is 0.304 e. The highest BCUT2D eigenvalue weighted by Crippen LogP contribution is 1.97. The molecule has 16 heavy (non-hydrogen) atoms. The quantitative estimate of drug-likeness (QED) is 0.578. The van der Waals surface area contributed by atoms with Crippen molar-refractivity contribution in [1.29, 1.82) is 0 Å². The molecule has 0 spiro atoms. The third-order valence-electron chi connectivity index (χ3n) is 1.89. The summed E-state index contributed by atoms with van der Waals surface area (Å²) < 4.78 is 25.3. The Bertz CT molecular complexity index is 463. The molecule has 0 saturated carbocycles. The van der Waals surface area contributed by atoms with Crippen LogP contribution in [0.25, 0.3) is 0 Å². The van der Waals surface area contributed by atoms with Crippen LogP contribution in [0.2, 0.25) is 0 Å². The molecular weight excluding hydrogens is 250 g/mol. The normalized spacial score (nSPS) is 11.8. The molecule has 0 aliphatic carbocycles. The molecule has 3 N–H and O–H groups in total. The lowest BCUT2D eigenvalue weighted by Gasteiger charge is -2.04. The van der Waals surface area contributed by atoms with Crippen LogP contribution in [0.1, 0.15) is 12.1 Å². The molecule has 8 heteroatoms. The third-order valence-corrected chi connectivity index (χ3v) is 4.02. The Morgan fingerprint density at radius 1 is 1.50 bits per heavy atom. The highest BCUT2D eigenvalue weighted by molar-refractivity contribution is 7.89. The van der Waals surface area contributed by atoms with E-state index in [1.54, 1.807) is 12.4 Å². The van der Waals surface area contributed by atoms with E-state index in [0.717, 1.165) is 11.3 Å². The summed E-state index contributed by atoms with van der Waals surface area (Å²) in [5, 5.41) is 4.49. The molecular formula is C8H15N3O3S2. The molecule has 0 aliphatic heterocycles. The molecule has 1 aromatic rings. The Labute approximate surface area is 98.1 Å². The van der Waals surface area contributed by atoms with Crippen molar-refractivity contribution < 1.29 is 8.42 Å². The van der Waals surface area contributed by atoms with E-state index in [1.165, 1.54) is 0 Å². The average Bonchev–Trinajstić information content (AvgIpc) is 2.62. The van der Waals surface area contributed by atoms with Gasteiger partial charge in [0.25, 0.3) is 0 Å². The van der Waals surface area contributed by atoms with Crippen LogP contribution in [-0.2, 0) is 16.6 Å². The number of nitrogens with one attached hydrogen (secondary N) is 3. The van der Waals surface area contributed by atoms with E-state index >= 15 is 0 Å². The predicted octanol–water partition coefficient (Wildman–Crippen LogP) is -0.535. The molecule has 0 saturated heterocycles. The fraction of sp³-hybridized carbons (Fsp3) is 0.625. The third kappa shape index (κ3) is 4.88. The average molecular weight is 265 g/mol. The van der Waals surface area contributed by atoms with Crippen LogP contribution in [0.15, 0.2) is 10.2 Å². The van der Waals surface area contributed by atoms with Gasteiger partial charge >= 0.3 is 4.87 Å². The van der Waals surface area contributed by atoms with Crippen LogP contribution < -0.4 is 14.9 Å². The number of sulfonamides is 1. The van der Waals surface area contributed by atoms with Gasteiger partial charge in [0.2, 0.25) is 10.0 Å². The van der Waals surface area contributed by atoms with Crippen molar-refractivity contribution in [3.8, 4) is 0 Å². The molecule has 6 nitrogen and oxygen atoms in total. The smallest absolute Gasteiger partial charge is 0.304 e. The summed E-state index contributed by atoms with van der Waals surface area (Å²) in [7, 11) is -1.48. The van der Waals surface area contributed by atoms with Crippen LogP contribution in [0.4, 0.5) is 0 Å². The molecule has 0 aliphatic rings. The fourth-order valence-electron chi connectivity index (χ4n) is 1.10. The van der Waals surface area contributed by atoms with E-state index in [4.69, 9.17) is 0 Å². The monoisotopic (exact) mass is 265 g/mol. The van der Waals surface area contributed by atoms with Crippen LogP contribution in [0.3, 0.4) is 0 Å². The second-order valence-corrected chi connectivity index (χ2v) is 6.04. The molecule has 1 aromatic heterocycles. The second kappa shape index (κ2) is 6.14. The van der Waals surface area contributed by atoms with E-state index in [-0.39, 0.29) is 17.2 Å². The molecule has 1 heterocycles. The summed E-state index contributed by atoms with van der Waals surface area (Å²) in [6.45, 7) is 0.802. The van der Waals surface area contributed by atoms with Gasteiger partial charge in [-0.3, -0.25) is 4.79 Å². The minimum absolute atomic E-state index is 0.0855. The first-order valence-electron chi connectivity index (χ1n) is 4.82. The van der Waals surface area contributed by atoms with Gasteiger partial charge in [0.15, 0.2) is 0 Å². The van der Waals surface area contributed by atoms with Gasteiger partial charge in [-0.05, 0) is 20.0 Å². The number of thiazole rings is 1. The molecule has 0 radical (unpaired) electrons. The maximum absolute atomic E-state index is 11.5. The summed E-state index contributed by atoms with van der Waals surface area (Å²) in [6.07, 6.45) is 0.561. The van der Waals surface area contributed by atoms with Crippen molar-refractivity contribution >= 4 is 21.4 Å². The van der Waals surface area contributed by atoms with E-state index in [9.17, 15) is 13.2 Å². The molecule has 0 atom stereocenters. The summed E-state index contributed by atoms with van der Waals surface area (Å²) in [5.74, 6) is 0.0855. The zero-order chi connectivity index (χ0) is 12.0. The number of H-pyrrole nitrogens is 1. The van der Waals surface area contributed by atoms with Gasteiger partial charge in [0.05, 0.1) is 12.3 Å². The minimum atomic E-state index is -3.25. The Morgan fingerprint density at radius 2 is 2.25 bits per heavy atom. The number of rotatable bonds is 7. The fourth-order valence-corrected chi connectivity index (χ4v) is 2.73. The lowest BCUT2D eigenvalue weighted by Crippen LogP contribution is -2.27. The maximum atomic E-state index is 11.5. The zero-order valence-corrected chi connectivity index (χ0v) is 10.6. The van der Waals surface area contributed by atoms with Gasteiger partial charge in [-0.2, -0.15) is 0 Å². The van der Waals surface area contributed by atoms with Gasteiger partial charge in [0, 0.05) is 11.1 Å². The second-order valence-electron chi connectivity index (χ2n) is 3.27. The van der Waals surface area contributed by atoms with E-state index in [0.29, 0.717) is 18.7 Å². The largest absolute Gasteiger partial charge is 0.320 e. The Kier molecular flexibility index (Phi) is 5.13. The van der Waals surface area contributed by atoms with Crippen molar-refractivity contribution in [1.82, 2.24) is 15.0 Å². The Hall–Kier alpha value is -0.700. The molecule has 0 fully saturated rings. The standard InChI is InChI=1S/C8H15N3O3S2/c1-9-3-2-4-16(13,14)10-5-7-6-15-8(12)11-7/h6,9-10H,2-5H2,1H3,(H,11,12). The summed E-state index contributed by atoms with van der Waals surface area (Å²) in [6, 6.07) is 0. The van der Waals surface area contributed by atoms with Crippen LogP contribution in [0, 0.1) is 0 Å². The van der Waals surface area contributed by atoms with Crippen LogP contribution in [0.5, 0.6) is 0 Å². The number of hydrogen-bond acceptors (Lipinski definition) is 5. The first-order valence-corrected chi connectivity index (χ1v) is 7.35. The SMILES string of the molecule is CNCCCS(=O)(=O)NCc1csc(=O)[nH]1. The van der Waals surface area contributed by atoms with Crippen molar-refractivity contribution in [2.24, 2.45) is 0 Å². The molecule has 0 bridgehead atoms. The molecule has 92 valence electrons. The number of aromatic nitrogens is 1. The summed E-state index contributed by atoms with van der Waals surface area (Å²) >= 11 is 1.02. The van der Waals surface area contributed by atoms with Crippen molar-refractivity contribution in [2.75, 3.05) is 19.3 Å². The topological polar surface area (TPSA) is 91.1 Å². The van der Waals surface area contributed by atoms with Gasteiger partial charge in [-0.25, -0.2) is 13.1 Å². The highest BCUT2D eigenvalue weighted by atomic mass is 32.2. The number of hydrogen-bond donors (Lipinski definition) is 3. The van der Waals surface area contributed by atoms with E-state index in [2.05, 4.69) is 15.0 Å². The van der Waals surface area contributed by atoms with Gasteiger partial charge in [-0.1, -0.05) is 11.3 Å². The lowest BCUT2D eigenvalue weighted by atomic mass is 10.5. The van der Waals surface area contributed by atoms with Crippen molar-refractivity contribution in [3.05, 3.63) is 20.7 Å². The predicted molar refractivity (Wildman–Crippen MR) is 64.1 cm³/mol. The molecule has 1 rings (SSSR count). The molecule has 0 unspecified atom stereocenters. The lowest BCUT2D eigenvalue weighted by molar-refractivity contribution is 0.576. The first kappa shape index (κ1) is 13.4. The minimum Gasteiger partial charge on any atom is -0.320 e. The van der Waals surface area contributed by atoms with Crippen LogP contribution >= 0.6 is 11.3 Å². The van der Waals surface area contributed by atoms with Crippen molar-refractivity contribution in [2.45, 2.75) is 13.0 Å². The number of aromatic amines is 1. The Balaban J connectivity index is 2.39. The Morgan fingerprint density at radius 3 is 2.81 bits per heavy atom. The van der Waals surface area contributed by atoms with E-state index in [1.807, 2.05) is 0 Å².